The Morgan fingerprint density at radius 1 is 1.11 bits per heavy atom. The van der Waals surface area contributed by atoms with Gasteiger partial charge in [-0.25, -0.2) is 0 Å². The van der Waals surface area contributed by atoms with Crippen LogP contribution in [-0.2, 0) is 11.2 Å². The Kier molecular flexibility index (Phi) is 5.50. The molecule has 1 aromatic carbocycles. The first kappa shape index (κ1) is 19.1. The number of aryl methyl sites for hydroxylation is 1. The standard InChI is InChI=1S/C20H29N5O3/c1-23-8-6-16(7-9-23)24-10-4-15(5-11-24)21-18-13-17-14(2-3-20(26)22-17)12-19(18)25(27)28/h12-13,15-16,21H,2-11H2,1H3,(H,22,26). The van der Waals surface area contributed by atoms with Gasteiger partial charge in [-0.05, 0) is 63.9 Å². The molecule has 0 atom stereocenters. The fourth-order valence-corrected chi connectivity index (χ4v) is 4.67. The minimum atomic E-state index is -0.327. The number of likely N-dealkylation sites (tertiary alicyclic amines) is 2. The van der Waals surface area contributed by atoms with Gasteiger partial charge >= 0.3 is 0 Å². The number of carbonyl (C=O) groups excluding carboxylic acids is 1. The summed E-state index contributed by atoms with van der Waals surface area (Å²) in [7, 11) is 2.18. The van der Waals surface area contributed by atoms with Crippen LogP contribution in [0.1, 0.15) is 37.7 Å². The Morgan fingerprint density at radius 2 is 1.82 bits per heavy atom. The molecule has 0 aliphatic carbocycles. The fourth-order valence-electron chi connectivity index (χ4n) is 4.67. The van der Waals surface area contributed by atoms with E-state index in [0.717, 1.165) is 44.6 Å². The van der Waals surface area contributed by atoms with Gasteiger partial charge in [0.15, 0.2) is 0 Å². The molecule has 2 N–H and O–H groups in total. The van der Waals surface area contributed by atoms with Crippen LogP contribution in [0.3, 0.4) is 0 Å². The molecule has 3 aliphatic heterocycles. The lowest BCUT2D eigenvalue weighted by Gasteiger charge is -2.41. The number of amides is 1. The number of benzene rings is 1. The number of nitro benzene ring substituents is 1. The lowest BCUT2D eigenvalue weighted by atomic mass is 9.97. The highest BCUT2D eigenvalue weighted by Crippen LogP contribution is 2.35. The second-order valence-corrected chi connectivity index (χ2v) is 8.32. The van der Waals surface area contributed by atoms with Gasteiger partial charge < -0.3 is 20.4 Å². The molecule has 152 valence electrons. The minimum Gasteiger partial charge on any atom is -0.377 e. The Hall–Kier alpha value is -2.19. The number of rotatable bonds is 4. The van der Waals surface area contributed by atoms with Crippen LogP contribution in [-0.4, -0.2) is 65.9 Å². The first-order valence-electron chi connectivity index (χ1n) is 10.3. The van der Waals surface area contributed by atoms with E-state index in [4.69, 9.17) is 0 Å². The molecule has 1 aromatic rings. The average Bonchev–Trinajstić information content (AvgIpc) is 2.68. The molecule has 2 saturated heterocycles. The maximum absolute atomic E-state index is 11.7. The van der Waals surface area contributed by atoms with Gasteiger partial charge in [0.25, 0.3) is 5.69 Å². The summed E-state index contributed by atoms with van der Waals surface area (Å²) in [5.74, 6) is -0.0289. The summed E-state index contributed by atoms with van der Waals surface area (Å²) in [6.07, 6.45) is 5.35. The van der Waals surface area contributed by atoms with E-state index in [1.165, 1.54) is 12.8 Å². The monoisotopic (exact) mass is 387 g/mol. The van der Waals surface area contributed by atoms with Crippen LogP contribution in [0, 0.1) is 10.1 Å². The Morgan fingerprint density at radius 3 is 2.50 bits per heavy atom. The van der Waals surface area contributed by atoms with Gasteiger partial charge in [-0.2, -0.15) is 0 Å². The van der Waals surface area contributed by atoms with Crippen molar-refractivity contribution in [3.63, 3.8) is 0 Å². The predicted octanol–water partition coefficient (Wildman–Crippen LogP) is 2.45. The molecular formula is C20H29N5O3. The van der Waals surface area contributed by atoms with Crippen LogP contribution in [0.4, 0.5) is 17.1 Å². The number of fused-ring (bicyclic) bond motifs is 1. The number of piperidine rings is 2. The predicted molar refractivity (Wildman–Crippen MR) is 109 cm³/mol. The Bertz CT molecular complexity index is 752. The summed E-state index contributed by atoms with van der Waals surface area (Å²) in [5, 5.41) is 17.8. The molecular weight excluding hydrogens is 358 g/mol. The van der Waals surface area contributed by atoms with E-state index >= 15 is 0 Å². The molecule has 0 radical (unpaired) electrons. The maximum Gasteiger partial charge on any atom is 0.292 e. The molecule has 1 amide bonds. The minimum absolute atomic E-state index is 0.0289. The molecule has 0 unspecified atom stereocenters. The zero-order valence-electron chi connectivity index (χ0n) is 16.4. The highest BCUT2D eigenvalue weighted by molar-refractivity contribution is 5.95. The number of hydrogen-bond acceptors (Lipinski definition) is 6. The number of carbonyl (C=O) groups is 1. The molecule has 2 fully saturated rings. The molecule has 3 aliphatic rings. The van der Waals surface area contributed by atoms with Gasteiger partial charge in [-0.3, -0.25) is 14.9 Å². The zero-order valence-corrected chi connectivity index (χ0v) is 16.4. The van der Waals surface area contributed by atoms with Crippen LogP contribution >= 0.6 is 0 Å². The average molecular weight is 387 g/mol. The number of anilines is 2. The van der Waals surface area contributed by atoms with E-state index in [9.17, 15) is 14.9 Å². The van der Waals surface area contributed by atoms with Crippen molar-refractivity contribution >= 4 is 23.0 Å². The Labute approximate surface area is 165 Å². The van der Waals surface area contributed by atoms with Crippen molar-refractivity contribution in [1.82, 2.24) is 9.80 Å². The molecule has 4 rings (SSSR count). The van der Waals surface area contributed by atoms with E-state index in [1.807, 2.05) is 0 Å². The summed E-state index contributed by atoms with van der Waals surface area (Å²) in [6, 6.07) is 4.25. The van der Waals surface area contributed by atoms with Crippen LogP contribution < -0.4 is 10.6 Å². The maximum atomic E-state index is 11.7. The second kappa shape index (κ2) is 8.05. The molecule has 0 aromatic heterocycles. The summed E-state index contributed by atoms with van der Waals surface area (Å²) >= 11 is 0. The van der Waals surface area contributed by atoms with E-state index < -0.39 is 0 Å². The summed E-state index contributed by atoms with van der Waals surface area (Å²) in [4.78, 5) is 27.9. The third-order valence-electron chi connectivity index (χ3n) is 6.41. The fraction of sp³-hybridized carbons (Fsp3) is 0.650. The van der Waals surface area contributed by atoms with Crippen LogP contribution in [0.5, 0.6) is 0 Å². The van der Waals surface area contributed by atoms with Crippen molar-refractivity contribution in [2.24, 2.45) is 0 Å². The number of nitrogens with one attached hydrogen (secondary N) is 2. The summed E-state index contributed by atoms with van der Waals surface area (Å²) in [6.45, 7) is 4.38. The van der Waals surface area contributed by atoms with E-state index in [1.54, 1.807) is 12.1 Å². The molecule has 0 spiro atoms. The number of hydrogen-bond donors (Lipinski definition) is 2. The van der Waals surface area contributed by atoms with Gasteiger partial charge in [0.05, 0.1) is 4.92 Å². The highest BCUT2D eigenvalue weighted by Gasteiger charge is 2.29. The number of nitro groups is 1. The van der Waals surface area contributed by atoms with Crippen LogP contribution in [0.15, 0.2) is 12.1 Å². The molecule has 8 nitrogen and oxygen atoms in total. The topological polar surface area (TPSA) is 90.8 Å². The third kappa shape index (κ3) is 4.12. The first-order chi connectivity index (χ1) is 13.5. The van der Waals surface area contributed by atoms with E-state index in [0.29, 0.717) is 30.3 Å². The van der Waals surface area contributed by atoms with Gasteiger partial charge in [0, 0.05) is 43.3 Å². The molecule has 3 heterocycles. The smallest absolute Gasteiger partial charge is 0.292 e. The summed E-state index contributed by atoms with van der Waals surface area (Å²) < 4.78 is 0. The van der Waals surface area contributed by atoms with E-state index in [-0.39, 0.29) is 22.6 Å². The second-order valence-electron chi connectivity index (χ2n) is 8.32. The quantitative estimate of drug-likeness (QED) is 0.609. The van der Waals surface area contributed by atoms with Gasteiger partial charge in [-0.15, -0.1) is 0 Å². The van der Waals surface area contributed by atoms with Crippen molar-refractivity contribution in [2.45, 2.75) is 50.6 Å². The molecule has 8 heteroatoms. The van der Waals surface area contributed by atoms with Gasteiger partial charge in [-0.1, -0.05) is 0 Å². The largest absolute Gasteiger partial charge is 0.377 e. The SMILES string of the molecule is CN1CCC(N2CCC(Nc3cc4c(cc3[N+](=O)[O-])CCC(=O)N4)CC2)CC1. The molecule has 0 saturated carbocycles. The molecule has 28 heavy (non-hydrogen) atoms. The lowest BCUT2D eigenvalue weighted by molar-refractivity contribution is -0.384. The van der Waals surface area contributed by atoms with Crippen LogP contribution in [0.25, 0.3) is 0 Å². The third-order valence-corrected chi connectivity index (χ3v) is 6.41. The first-order valence-corrected chi connectivity index (χ1v) is 10.3. The lowest BCUT2D eigenvalue weighted by Crippen LogP contribution is -2.48. The summed E-state index contributed by atoms with van der Waals surface area (Å²) in [5.41, 5.74) is 2.17. The van der Waals surface area contributed by atoms with Crippen LogP contribution in [0.2, 0.25) is 0 Å². The zero-order chi connectivity index (χ0) is 19.7. The van der Waals surface area contributed by atoms with Gasteiger partial charge in [0.1, 0.15) is 5.69 Å². The highest BCUT2D eigenvalue weighted by atomic mass is 16.6. The van der Waals surface area contributed by atoms with E-state index in [2.05, 4.69) is 27.5 Å². The molecule has 0 bridgehead atoms. The van der Waals surface area contributed by atoms with Crippen molar-refractivity contribution in [2.75, 3.05) is 43.9 Å². The van der Waals surface area contributed by atoms with Crippen molar-refractivity contribution in [3.8, 4) is 0 Å². The van der Waals surface area contributed by atoms with Crippen molar-refractivity contribution in [1.29, 1.82) is 0 Å². The normalized spacial score (nSPS) is 22.5. The van der Waals surface area contributed by atoms with Crippen molar-refractivity contribution in [3.05, 3.63) is 27.8 Å². The Balaban J connectivity index is 1.41. The number of nitrogens with zero attached hydrogens (tertiary/aromatic N) is 3. The van der Waals surface area contributed by atoms with Gasteiger partial charge in [0.2, 0.25) is 5.91 Å². The van der Waals surface area contributed by atoms with Crippen molar-refractivity contribution < 1.29 is 9.72 Å².